The van der Waals surface area contributed by atoms with Gasteiger partial charge in [0.1, 0.15) is 0 Å². The summed E-state index contributed by atoms with van der Waals surface area (Å²) < 4.78 is 8.08. The van der Waals surface area contributed by atoms with E-state index in [4.69, 9.17) is 20.4 Å². The van der Waals surface area contributed by atoms with Crippen molar-refractivity contribution in [1.29, 1.82) is 0 Å². The van der Waals surface area contributed by atoms with Gasteiger partial charge in [0, 0.05) is 67.6 Å². The lowest BCUT2D eigenvalue weighted by Gasteiger charge is -2.20. The largest absolute Gasteiger partial charge is 0.287 e. The second kappa shape index (κ2) is 9.48. The van der Waals surface area contributed by atoms with Gasteiger partial charge < -0.3 is 0 Å². The molecule has 5 aromatic rings. The highest BCUT2D eigenvalue weighted by Gasteiger charge is 2.18. The first-order valence-corrected chi connectivity index (χ1v) is 12.9. The minimum atomic E-state index is 0.710. The highest BCUT2D eigenvalue weighted by Crippen LogP contribution is 2.19. The van der Waals surface area contributed by atoms with Gasteiger partial charge in [0.15, 0.2) is 11.6 Å². The zero-order valence-electron chi connectivity index (χ0n) is 22.0. The Morgan fingerprint density at radius 2 is 1.14 bits per heavy atom. The molecular weight excluding hydrogens is 462 g/mol. The van der Waals surface area contributed by atoms with Crippen LogP contribution in [0.25, 0.3) is 11.6 Å². The molecular formula is C28H33N9. The lowest BCUT2D eigenvalue weighted by atomic mass is 10.2. The summed E-state index contributed by atoms with van der Waals surface area (Å²) in [4.78, 5) is 2.39. The first-order chi connectivity index (χ1) is 17.9. The number of aromatic nitrogens is 8. The Morgan fingerprint density at radius 1 is 0.622 bits per heavy atom. The molecule has 0 fully saturated rings. The Bertz CT molecular complexity index is 1440. The molecule has 37 heavy (non-hydrogen) atoms. The molecule has 0 unspecified atom stereocenters. The minimum Gasteiger partial charge on any atom is -0.287 e. The van der Waals surface area contributed by atoms with Crippen LogP contribution in [0.15, 0.2) is 54.6 Å². The second-order valence-electron chi connectivity index (χ2n) is 10.1. The van der Waals surface area contributed by atoms with Crippen LogP contribution in [-0.4, -0.2) is 44.0 Å². The van der Waals surface area contributed by atoms with E-state index in [1.807, 2.05) is 9.36 Å². The third kappa shape index (κ3) is 4.74. The summed E-state index contributed by atoms with van der Waals surface area (Å²) in [5.41, 5.74) is 7.73. The van der Waals surface area contributed by atoms with Crippen molar-refractivity contribution in [3.63, 3.8) is 0 Å². The molecule has 0 amide bonds. The first-order valence-electron chi connectivity index (χ1n) is 12.9. The SMILES string of the molecule is Cc1cc2nn1CCCn1nc(cc1C)-n1nc(cc1C)CN(Cc1ccccc1)Cc1cc(C)n-2n1. The van der Waals surface area contributed by atoms with E-state index in [9.17, 15) is 0 Å². The van der Waals surface area contributed by atoms with Crippen LogP contribution in [0.4, 0.5) is 0 Å². The molecule has 4 aromatic heterocycles. The summed E-state index contributed by atoms with van der Waals surface area (Å²) in [6.07, 6.45) is 0.936. The van der Waals surface area contributed by atoms with Gasteiger partial charge >= 0.3 is 0 Å². The number of aryl methyl sites for hydroxylation is 6. The Hall–Kier alpha value is -3.98. The molecule has 1 aliphatic heterocycles. The maximum atomic E-state index is 4.97. The maximum Gasteiger partial charge on any atom is 0.175 e. The zero-order chi connectivity index (χ0) is 25.5. The van der Waals surface area contributed by atoms with Crippen LogP contribution in [0.1, 0.15) is 46.1 Å². The third-order valence-electron chi connectivity index (χ3n) is 7.01. The van der Waals surface area contributed by atoms with E-state index in [2.05, 4.69) is 96.6 Å². The first kappa shape index (κ1) is 23.4. The van der Waals surface area contributed by atoms with Crippen molar-refractivity contribution in [3.8, 4) is 11.6 Å². The summed E-state index contributed by atoms with van der Waals surface area (Å²) in [6.45, 7) is 12.3. The molecule has 190 valence electrons. The summed E-state index contributed by atoms with van der Waals surface area (Å²) >= 11 is 0. The van der Waals surface area contributed by atoms with Gasteiger partial charge in [-0.1, -0.05) is 30.3 Å². The normalized spacial score (nSPS) is 14.5. The smallest absolute Gasteiger partial charge is 0.175 e. The van der Waals surface area contributed by atoms with Crippen LogP contribution in [0, 0.1) is 27.7 Å². The molecule has 1 aromatic carbocycles. The van der Waals surface area contributed by atoms with Gasteiger partial charge in [-0.25, -0.2) is 9.36 Å². The van der Waals surface area contributed by atoms with Crippen molar-refractivity contribution in [3.05, 3.63) is 94.3 Å². The van der Waals surface area contributed by atoms with Gasteiger partial charge in [-0.15, -0.1) is 0 Å². The number of nitrogens with zero attached hydrogens (tertiary/aromatic N) is 9. The van der Waals surface area contributed by atoms with Crippen molar-refractivity contribution < 1.29 is 0 Å². The van der Waals surface area contributed by atoms with Gasteiger partial charge in [-0.3, -0.25) is 14.3 Å². The minimum absolute atomic E-state index is 0.710. The average molecular weight is 496 g/mol. The van der Waals surface area contributed by atoms with Gasteiger partial charge in [0.2, 0.25) is 0 Å². The molecule has 0 radical (unpaired) electrons. The lowest BCUT2D eigenvalue weighted by Crippen LogP contribution is -2.23. The van der Waals surface area contributed by atoms with Crippen molar-refractivity contribution in [2.75, 3.05) is 0 Å². The topological polar surface area (TPSA) is 74.5 Å². The average Bonchev–Trinajstić information content (AvgIpc) is 3.61. The summed E-state index contributed by atoms with van der Waals surface area (Å²) in [5.74, 6) is 1.73. The molecule has 1 aliphatic rings. The van der Waals surface area contributed by atoms with Crippen LogP contribution in [0.5, 0.6) is 0 Å². The third-order valence-corrected chi connectivity index (χ3v) is 7.01. The fraction of sp³-hybridized carbons (Fsp3) is 0.357. The predicted molar refractivity (Wildman–Crippen MR) is 142 cm³/mol. The Morgan fingerprint density at radius 3 is 1.65 bits per heavy atom. The molecule has 0 saturated carbocycles. The zero-order valence-corrected chi connectivity index (χ0v) is 22.0. The predicted octanol–water partition coefficient (Wildman–Crippen LogP) is 4.29. The van der Waals surface area contributed by atoms with E-state index in [1.54, 1.807) is 0 Å². The Balaban J connectivity index is 1.41. The number of benzene rings is 1. The van der Waals surface area contributed by atoms with E-state index in [0.29, 0.717) is 13.1 Å². The molecule has 0 atom stereocenters. The van der Waals surface area contributed by atoms with Gasteiger partial charge in [0.05, 0.1) is 11.4 Å². The van der Waals surface area contributed by atoms with E-state index >= 15 is 0 Å². The Labute approximate surface area is 216 Å². The van der Waals surface area contributed by atoms with Crippen LogP contribution < -0.4 is 0 Å². The summed E-state index contributed by atoms with van der Waals surface area (Å²) in [7, 11) is 0. The van der Waals surface area contributed by atoms with Gasteiger partial charge in [-0.2, -0.15) is 20.4 Å². The molecule has 0 saturated heterocycles. The van der Waals surface area contributed by atoms with Gasteiger partial charge in [0.25, 0.3) is 0 Å². The van der Waals surface area contributed by atoms with Crippen molar-refractivity contribution in [2.45, 2.75) is 66.8 Å². The number of fused-ring (bicyclic) bond motifs is 10. The van der Waals surface area contributed by atoms with Crippen molar-refractivity contribution >= 4 is 0 Å². The van der Waals surface area contributed by atoms with Gasteiger partial charge in [-0.05, 0) is 51.8 Å². The number of hydrogen-bond acceptors (Lipinski definition) is 5. The molecule has 8 bridgehead atoms. The lowest BCUT2D eigenvalue weighted by molar-refractivity contribution is 0.241. The molecule has 0 aliphatic carbocycles. The van der Waals surface area contributed by atoms with E-state index < -0.39 is 0 Å². The molecule has 9 nitrogen and oxygen atoms in total. The number of hydrogen-bond donors (Lipinski definition) is 0. The quantitative estimate of drug-likeness (QED) is 0.365. The second-order valence-corrected chi connectivity index (χ2v) is 10.1. The molecule has 0 spiro atoms. The van der Waals surface area contributed by atoms with Crippen LogP contribution in [-0.2, 0) is 32.7 Å². The summed E-state index contributed by atoms with van der Waals surface area (Å²) in [6, 6.07) is 19.1. The van der Waals surface area contributed by atoms with E-state index in [-0.39, 0.29) is 0 Å². The Kier molecular flexibility index (Phi) is 6.00. The van der Waals surface area contributed by atoms with Crippen LogP contribution >= 0.6 is 0 Å². The standard InChI is InChI=1S/C28H33N9/c1-20-15-27-31-34(20)11-8-12-35-21(2)16-28(32-35)37-23(4)14-26(30-37)19-33(17-24-9-6-5-7-10-24)18-25-13-22(3)36(27)29-25/h5-7,9-10,13-16H,8,11-12,17-19H2,1-4H3. The van der Waals surface area contributed by atoms with Crippen LogP contribution in [0.3, 0.4) is 0 Å². The maximum absolute atomic E-state index is 4.97. The molecule has 6 rings (SSSR count). The highest BCUT2D eigenvalue weighted by molar-refractivity contribution is 5.29. The number of rotatable bonds is 2. The van der Waals surface area contributed by atoms with Crippen molar-refractivity contribution in [1.82, 2.24) is 44.0 Å². The highest BCUT2D eigenvalue weighted by atomic mass is 15.4. The molecule has 9 heteroatoms. The van der Waals surface area contributed by atoms with E-state index in [0.717, 1.165) is 71.9 Å². The fourth-order valence-electron chi connectivity index (χ4n) is 5.18. The molecule has 5 heterocycles. The summed E-state index contributed by atoms with van der Waals surface area (Å²) in [5, 5.41) is 19.7. The van der Waals surface area contributed by atoms with Crippen LogP contribution in [0.2, 0.25) is 0 Å². The van der Waals surface area contributed by atoms with E-state index in [1.165, 1.54) is 5.56 Å². The van der Waals surface area contributed by atoms with Crippen molar-refractivity contribution in [2.24, 2.45) is 0 Å². The fourth-order valence-corrected chi connectivity index (χ4v) is 5.18. The molecule has 0 N–H and O–H groups in total. The monoisotopic (exact) mass is 495 g/mol.